The number of sulfone groups is 1. The summed E-state index contributed by atoms with van der Waals surface area (Å²) in [6.45, 7) is 0. The summed E-state index contributed by atoms with van der Waals surface area (Å²) in [5, 5.41) is 0. The van der Waals surface area contributed by atoms with Gasteiger partial charge >= 0.3 is 0 Å². The molecule has 5 heteroatoms. The van der Waals surface area contributed by atoms with Crippen molar-refractivity contribution >= 4 is 21.4 Å². The molecule has 1 aromatic heterocycles. The Morgan fingerprint density at radius 1 is 1.31 bits per heavy atom. The molecule has 1 heterocycles. The maximum atomic E-state index is 11.5. The topological polar surface area (TPSA) is 47.0 Å². The molecule has 0 radical (unpaired) electrons. The summed E-state index contributed by atoms with van der Waals surface area (Å²) < 4.78 is 23.0. The van der Waals surface area contributed by atoms with Crippen molar-refractivity contribution in [1.29, 1.82) is 0 Å². The number of pyridine rings is 1. The first-order chi connectivity index (χ1) is 6.17. The third-order valence-corrected chi connectivity index (χ3v) is 3.64. The van der Waals surface area contributed by atoms with Gasteiger partial charge < -0.3 is 0 Å². The van der Waals surface area contributed by atoms with E-state index in [9.17, 15) is 8.42 Å². The molecule has 0 saturated carbocycles. The predicted octanol–water partition coefficient (Wildman–Crippen LogP) is 1.48. The molecule has 1 aromatic rings. The highest BCUT2D eigenvalue weighted by molar-refractivity contribution is 7.91. The Labute approximate surface area is 82.7 Å². The van der Waals surface area contributed by atoms with Crippen LogP contribution in [0.2, 0.25) is 0 Å². The fraction of sp³-hybridized carbons (Fsp3) is 0.375. The molecule has 0 saturated heterocycles. The van der Waals surface area contributed by atoms with E-state index in [4.69, 9.17) is 11.6 Å². The summed E-state index contributed by atoms with van der Waals surface area (Å²) in [6.07, 6.45) is 3.41. The summed E-state index contributed by atoms with van der Waals surface area (Å²) in [7, 11) is -3.15. The number of hydrogen-bond acceptors (Lipinski definition) is 3. The molecule has 3 nitrogen and oxygen atoms in total. The van der Waals surface area contributed by atoms with Gasteiger partial charge in [0.25, 0.3) is 0 Å². The smallest absolute Gasteiger partial charge is 0.178 e. The van der Waals surface area contributed by atoms with Crippen molar-refractivity contribution in [2.24, 2.45) is 0 Å². The lowest BCUT2D eigenvalue weighted by atomic mass is 10.5. The van der Waals surface area contributed by atoms with Gasteiger partial charge in [-0.3, -0.25) is 4.98 Å². The van der Waals surface area contributed by atoms with E-state index < -0.39 is 9.84 Å². The Balaban J connectivity index is 2.83. The highest BCUT2D eigenvalue weighted by atomic mass is 35.5. The third kappa shape index (κ3) is 2.97. The average Bonchev–Trinajstić information content (AvgIpc) is 2.16. The largest absolute Gasteiger partial charge is 0.265 e. The van der Waals surface area contributed by atoms with E-state index >= 15 is 0 Å². The Hall–Kier alpha value is -0.610. The summed E-state index contributed by atoms with van der Waals surface area (Å²) in [5.74, 6) is 0.463. The summed E-state index contributed by atoms with van der Waals surface area (Å²) >= 11 is 5.42. The van der Waals surface area contributed by atoms with Gasteiger partial charge in [-0.15, -0.1) is 11.6 Å². The fourth-order valence-electron chi connectivity index (χ4n) is 0.908. The van der Waals surface area contributed by atoms with Crippen molar-refractivity contribution in [2.45, 2.75) is 11.3 Å². The Bertz CT molecular complexity index is 350. The molecule has 13 heavy (non-hydrogen) atoms. The number of alkyl halides is 1. The first kappa shape index (κ1) is 10.5. The second kappa shape index (κ2) is 4.58. The normalized spacial score (nSPS) is 11.5. The van der Waals surface area contributed by atoms with E-state index in [1.807, 2.05) is 0 Å². The second-order valence-electron chi connectivity index (χ2n) is 2.54. The number of rotatable bonds is 4. The minimum Gasteiger partial charge on any atom is -0.265 e. The van der Waals surface area contributed by atoms with Gasteiger partial charge in [-0.1, -0.05) is 0 Å². The number of aromatic nitrogens is 1. The number of hydrogen-bond donors (Lipinski definition) is 0. The van der Waals surface area contributed by atoms with Gasteiger partial charge in [-0.05, 0) is 18.6 Å². The van der Waals surface area contributed by atoms with Gasteiger partial charge in [0.15, 0.2) is 9.84 Å². The van der Waals surface area contributed by atoms with Gasteiger partial charge in [0.05, 0.1) is 10.6 Å². The third-order valence-electron chi connectivity index (χ3n) is 1.56. The van der Waals surface area contributed by atoms with Gasteiger partial charge in [-0.2, -0.15) is 0 Å². The van der Waals surface area contributed by atoms with Crippen LogP contribution in [0.4, 0.5) is 0 Å². The van der Waals surface area contributed by atoms with Crippen molar-refractivity contribution in [3.63, 3.8) is 0 Å². The highest BCUT2D eigenvalue weighted by Gasteiger charge is 2.12. The van der Waals surface area contributed by atoms with Crippen LogP contribution in [0.3, 0.4) is 0 Å². The zero-order valence-electron chi connectivity index (χ0n) is 6.98. The van der Waals surface area contributed by atoms with E-state index in [0.29, 0.717) is 17.2 Å². The molecule has 0 atom stereocenters. The maximum absolute atomic E-state index is 11.5. The van der Waals surface area contributed by atoms with E-state index in [2.05, 4.69) is 4.98 Å². The SMILES string of the molecule is O=S(=O)(CCCCl)c1ccncc1. The van der Waals surface area contributed by atoms with E-state index in [-0.39, 0.29) is 5.75 Å². The van der Waals surface area contributed by atoms with Crippen LogP contribution < -0.4 is 0 Å². The fourth-order valence-corrected chi connectivity index (χ4v) is 2.50. The Kier molecular flexibility index (Phi) is 3.69. The van der Waals surface area contributed by atoms with E-state index in [1.54, 1.807) is 0 Å². The molecule has 0 aliphatic carbocycles. The lowest BCUT2D eigenvalue weighted by Crippen LogP contribution is -2.07. The summed E-state index contributed by atoms with van der Waals surface area (Å²) in [4.78, 5) is 4.06. The van der Waals surface area contributed by atoms with Crippen molar-refractivity contribution in [2.75, 3.05) is 11.6 Å². The molecule has 0 spiro atoms. The zero-order valence-corrected chi connectivity index (χ0v) is 8.55. The van der Waals surface area contributed by atoms with Crippen LogP contribution in [0.5, 0.6) is 0 Å². The molecule has 0 aromatic carbocycles. The summed E-state index contributed by atoms with van der Waals surface area (Å²) in [5.41, 5.74) is 0. The molecule has 1 rings (SSSR count). The molecule has 0 fully saturated rings. The van der Waals surface area contributed by atoms with Crippen LogP contribution in [-0.4, -0.2) is 25.0 Å². The van der Waals surface area contributed by atoms with Crippen LogP contribution in [0.1, 0.15) is 6.42 Å². The minimum absolute atomic E-state index is 0.0977. The van der Waals surface area contributed by atoms with Crippen LogP contribution in [0.15, 0.2) is 29.4 Å². The molecule has 0 aliphatic rings. The number of nitrogens with zero attached hydrogens (tertiary/aromatic N) is 1. The van der Waals surface area contributed by atoms with Crippen LogP contribution >= 0.6 is 11.6 Å². The van der Waals surface area contributed by atoms with Crippen molar-refractivity contribution in [3.05, 3.63) is 24.5 Å². The monoisotopic (exact) mass is 219 g/mol. The van der Waals surface area contributed by atoms with Gasteiger partial charge in [-0.25, -0.2) is 8.42 Å². The quantitative estimate of drug-likeness (QED) is 0.721. The molecule has 0 bridgehead atoms. The molecule has 0 amide bonds. The van der Waals surface area contributed by atoms with Crippen molar-refractivity contribution in [3.8, 4) is 0 Å². The molecule has 0 unspecified atom stereocenters. The second-order valence-corrected chi connectivity index (χ2v) is 5.03. The van der Waals surface area contributed by atoms with Gasteiger partial charge in [0, 0.05) is 18.3 Å². The molecule has 0 N–H and O–H groups in total. The number of halogens is 1. The summed E-state index contributed by atoms with van der Waals surface area (Å²) in [6, 6.07) is 2.98. The Morgan fingerprint density at radius 2 is 1.92 bits per heavy atom. The van der Waals surface area contributed by atoms with E-state index in [1.165, 1.54) is 24.5 Å². The molecular weight excluding hydrogens is 210 g/mol. The van der Waals surface area contributed by atoms with Crippen molar-refractivity contribution < 1.29 is 8.42 Å². The molecule has 72 valence electrons. The molecular formula is C8H10ClNO2S. The first-order valence-corrected chi connectivity index (χ1v) is 6.04. The standard InChI is InChI=1S/C8H10ClNO2S/c9-4-1-7-13(11,12)8-2-5-10-6-3-8/h2-3,5-6H,1,4,7H2. The molecule has 0 aliphatic heterocycles. The highest BCUT2D eigenvalue weighted by Crippen LogP contribution is 2.10. The maximum Gasteiger partial charge on any atom is 0.178 e. The van der Waals surface area contributed by atoms with E-state index in [0.717, 1.165) is 0 Å². The van der Waals surface area contributed by atoms with Gasteiger partial charge in [0.2, 0.25) is 0 Å². The van der Waals surface area contributed by atoms with Crippen LogP contribution in [0, 0.1) is 0 Å². The average molecular weight is 220 g/mol. The lowest BCUT2D eigenvalue weighted by molar-refractivity contribution is 0.594. The van der Waals surface area contributed by atoms with Crippen LogP contribution in [-0.2, 0) is 9.84 Å². The van der Waals surface area contributed by atoms with Crippen molar-refractivity contribution in [1.82, 2.24) is 4.98 Å². The Morgan fingerprint density at radius 3 is 2.46 bits per heavy atom. The predicted molar refractivity (Wildman–Crippen MR) is 51.6 cm³/mol. The van der Waals surface area contributed by atoms with Gasteiger partial charge in [0.1, 0.15) is 0 Å². The lowest BCUT2D eigenvalue weighted by Gasteiger charge is -2.01. The van der Waals surface area contributed by atoms with Crippen LogP contribution in [0.25, 0.3) is 0 Å². The first-order valence-electron chi connectivity index (χ1n) is 3.85. The minimum atomic E-state index is -3.15. The zero-order chi connectivity index (χ0) is 9.73.